The van der Waals surface area contributed by atoms with Crippen LogP contribution in [0.2, 0.25) is 0 Å². The molecular formula is C18H28N4O2. The Morgan fingerprint density at radius 1 is 1.08 bits per heavy atom. The topological polar surface area (TPSA) is 52.9 Å². The lowest BCUT2D eigenvalue weighted by atomic mass is 10.0. The fraction of sp³-hybridized carbons (Fsp3) is 0.667. The largest absolute Gasteiger partial charge is 0.302 e. The number of para-hydroxylation sites is 1. The van der Waals surface area contributed by atoms with Crippen molar-refractivity contribution in [3.05, 3.63) is 39.9 Å². The number of benzene rings is 1. The van der Waals surface area contributed by atoms with Crippen LogP contribution < -0.4 is 0 Å². The molecule has 0 N–H and O–H groups in total. The standard InChI is InChI=1S/C18H28N4O2/c1-19-9-5-4-7-17(19)15-21-12-10-20(11-13-21)14-16-6-2-3-8-18(16)22(23)24/h2-3,6,8,17H,4-5,7,9-15H2,1H3. The molecule has 0 saturated carbocycles. The maximum absolute atomic E-state index is 11.1. The summed E-state index contributed by atoms with van der Waals surface area (Å²) in [6.07, 6.45) is 4.00. The Bertz CT molecular complexity index is 558. The molecule has 1 atom stereocenters. The van der Waals surface area contributed by atoms with Gasteiger partial charge in [0.25, 0.3) is 5.69 Å². The van der Waals surface area contributed by atoms with Crippen molar-refractivity contribution in [3.63, 3.8) is 0 Å². The normalized spacial score (nSPS) is 24.1. The van der Waals surface area contributed by atoms with E-state index >= 15 is 0 Å². The van der Waals surface area contributed by atoms with E-state index in [0.29, 0.717) is 12.6 Å². The second-order valence-electron chi connectivity index (χ2n) is 7.09. The number of nitro benzene ring substituents is 1. The van der Waals surface area contributed by atoms with Crippen LogP contribution in [0.1, 0.15) is 24.8 Å². The van der Waals surface area contributed by atoms with Crippen LogP contribution in [0, 0.1) is 10.1 Å². The van der Waals surface area contributed by atoms with Gasteiger partial charge in [0.15, 0.2) is 0 Å². The molecule has 0 aromatic heterocycles. The van der Waals surface area contributed by atoms with Crippen molar-refractivity contribution in [1.29, 1.82) is 0 Å². The molecular weight excluding hydrogens is 304 g/mol. The first kappa shape index (κ1) is 17.3. The van der Waals surface area contributed by atoms with Crippen LogP contribution >= 0.6 is 0 Å². The van der Waals surface area contributed by atoms with Gasteiger partial charge in [-0.15, -0.1) is 0 Å². The van der Waals surface area contributed by atoms with Crippen molar-refractivity contribution in [3.8, 4) is 0 Å². The number of likely N-dealkylation sites (N-methyl/N-ethyl adjacent to an activating group) is 1. The zero-order valence-electron chi connectivity index (χ0n) is 14.6. The molecule has 0 bridgehead atoms. The van der Waals surface area contributed by atoms with Crippen LogP contribution in [-0.4, -0.2) is 72.0 Å². The molecule has 3 rings (SSSR count). The van der Waals surface area contributed by atoms with Crippen LogP contribution in [0.25, 0.3) is 0 Å². The molecule has 2 aliphatic rings. The summed E-state index contributed by atoms with van der Waals surface area (Å²) in [5, 5.41) is 11.1. The zero-order valence-corrected chi connectivity index (χ0v) is 14.6. The van der Waals surface area contributed by atoms with E-state index in [1.165, 1.54) is 25.8 Å². The van der Waals surface area contributed by atoms with Gasteiger partial charge in [-0.2, -0.15) is 0 Å². The summed E-state index contributed by atoms with van der Waals surface area (Å²) in [6, 6.07) is 7.80. The van der Waals surface area contributed by atoms with E-state index in [0.717, 1.165) is 38.3 Å². The van der Waals surface area contributed by atoms with Gasteiger partial charge in [-0.1, -0.05) is 24.6 Å². The summed E-state index contributed by atoms with van der Waals surface area (Å²) in [4.78, 5) is 18.3. The second kappa shape index (κ2) is 8.05. The molecule has 24 heavy (non-hydrogen) atoms. The van der Waals surface area contributed by atoms with E-state index < -0.39 is 0 Å². The maximum Gasteiger partial charge on any atom is 0.273 e. The molecule has 2 saturated heterocycles. The number of hydrogen-bond acceptors (Lipinski definition) is 5. The summed E-state index contributed by atoms with van der Waals surface area (Å²) in [6.45, 7) is 7.16. The molecule has 6 nitrogen and oxygen atoms in total. The molecule has 6 heteroatoms. The zero-order chi connectivity index (χ0) is 16.9. The van der Waals surface area contributed by atoms with Gasteiger partial charge in [0, 0.05) is 56.9 Å². The number of nitro groups is 1. The van der Waals surface area contributed by atoms with Gasteiger partial charge in [0.05, 0.1) is 4.92 Å². The molecule has 2 aliphatic heterocycles. The van der Waals surface area contributed by atoms with Crippen molar-refractivity contribution in [2.24, 2.45) is 0 Å². The van der Waals surface area contributed by atoms with Gasteiger partial charge < -0.3 is 4.90 Å². The summed E-state index contributed by atoms with van der Waals surface area (Å²) >= 11 is 0. The molecule has 1 aromatic carbocycles. The van der Waals surface area contributed by atoms with E-state index in [2.05, 4.69) is 21.7 Å². The fourth-order valence-electron chi connectivity index (χ4n) is 3.87. The van der Waals surface area contributed by atoms with E-state index in [9.17, 15) is 10.1 Å². The van der Waals surface area contributed by atoms with Crippen LogP contribution in [-0.2, 0) is 6.54 Å². The third-order valence-corrected chi connectivity index (χ3v) is 5.44. The van der Waals surface area contributed by atoms with Crippen molar-refractivity contribution in [2.75, 3.05) is 46.3 Å². The Balaban J connectivity index is 1.49. The number of hydrogen-bond donors (Lipinski definition) is 0. The van der Waals surface area contributed by atoms with Crippen molar-refractivity contribution < 1.29 is 4.92 Å². The number of rotatable bonds is 5. The second-order valence-corrected chi connectivity index (χ2v) is 7.09. The van der Waals surface area contributed by atoms with Gasteiger partial charge in [-0.25, -0.2) is 0 Å². The lowest BCUT2D eigenvalue weighted by Crippen LogP contribution is -2.51. The first-order chi connectivity index (χ1) is 11.6. The van der Waals surface area contributed by atoms with Crippen molar-refractivity contribution in [1.82, 2.24) is 14.7 Å². The molecule has 0 radical (unpaired) electrons. The monoisotopic (exact) mass is 332 g/mol. The van der Waals surface area contributed by atoms with Crippen LogP contribution in [0.4, 0.5) is 5.69 Å². The molecule has 132 valence electrons. The van der Waals surface area contributed by atoms with Crippen LogP contribution in [0.5, 0.6) is 0 Å². The first-order valence-electron chi connectivity index (χ1n) is 9.01. The highest BCUT2D eigenvalue weighted by atomic mass is 16.6. The SMILES string of the molecule is CN1CCCCC1CN1CCN(Cc2ccccc2[N+](=O)[O-])CC1. The molecule has 0 aliphatic carbocycles. The van der Waals surface area contributed by atoms with Gasteiger partial charge in [0.2, 0.25) is 0 Å². The molecule has 0 spiro atoms. The molecule has 2 fully saturated rings. The number of piperazine rings is 1. The number of piperidine rings is 1. The lowest BCUT2D eigenvalue weighted by molar-refractivity contribution is -0.385. The van der Waals surface area contributed by atoms with Crippen molar-refractivity contribution >= 4 is 5.69 Å². The maximum atomic E-state index is 11.1. The smallest absolute Gasteiger partial charge is 0.273 e. The van der Waals surface area contributed by atoms with E-state index in [4.69, 9.17) is 0 Å². The third kappa shape index (κ3) is 4.32. The van der Waals surface area contributed by atoms with Crippen molar-refractivity contribution in [2.45, 2.75) is 31.8 Å². The highest BCUT2D eigenvalue weighted by molar-refractivity contribution is 5.39. The summed E-state index contributed by atoms with van der Waals surface area (Å²) in [7, 11) is 2.24. The lowest BCUT2D eigenvalue weighted by Gasteiger charge is -2.40. The summed E-state index contributed by atoms with van der Waals surface area (Å²) in [5.41, 5.74) is 1.06. The van der Waals surface area contributed by atoms with Gasteiger partial charge in [-0.05, 0) is 26.4 Å². The summed E-state index contributed by atoms with van der Waals surface area (Å²) in [5.74, 6) is 0. The third-order valence-electron chi connectivity index (χ3n) is 5.44. The highest BCUT2D eigenvalue weighted by Crippen LogP contribution is 2.21. The predicted octanol–water partition coefficient (Wildman–Crippen LogP) is 2.20. The Labute approximate surface area is 144 Å². The predicted molar refractivity (Wildman–Crippen MR) is 95.1 cm³/mol. The van der Waals surface area contributed by atoms with Gasteiger partial charge in [0.1, 0.15) is 0 Å². The molecule has 2 heterocycles. The highest BCUT2D eigenvalue weighted by Gasteiger charge is 2.25. The number of nitrogens with zero attached hydrogens (tertiary/aromatic N) is 4. The minimum atomic E-state index is -0.273. The Morgan fingerprint density at radius 3 is 2.50 bits per heavy atom. The Kier molecular flexibility index (Phi) is 5.81. The van der Waals surface area contributed by atoms with E-state index in [1.807, 2.05) is 12.1 Å². The Morgan fingerprint density at radius 2 is 1.79 bits per heavy atom. The molecule has 1 aromatic rings. The van der Waals surface area contributed by atoms with Gasteiger partial charge >= 0.3 is 0 Å². The van der Waals surface area contributed by atoms with Crippen LogP contribution in [0.15, 0.2) is 24.3 Å². The van der Waals surface area contributed by atoms with Crippen LogP contribution in [0.3, 0.4) is 0 Å². The minimum Gasteiger partial charge on any atom is -0.302 e. The average Bonchev–Trinajstić information content (AvgIpc) is 2.59. The minimum absolute atomic E-state index is 0.240. The summed E-state index contributed by atoms with van der Waals surface area (Å²) < 4.78 is 0. The van der Waals surface area contributed by atoms with Gasteiger partial charge in [-0.3, -0.25) is 19.9 Å². The van der Waals surface area contributed by atoms with E-state index in [1.54, 1.807) is 12.1 Å². The quantitative estimate of drug-likeness (QED) is 0.611. The molecule has 0 amide bonds. The Hall–Kier alpha value is -1.50. The van der Waals surface area contributed by atoms with E-state index in [-0.39, 0.29) is 10.6 Å². The first-order valence-corrected chi connectivity index (χ1v) is 9.01. The number of likely N-dealkylation sites (tertiary alicyclic amines) is 1. The average molecular weight is 332 g/mol. The fourth-order valence-corrected chi connectivity index (χ4v) is 3.87. The molecule has 1 unspecified atom stereocenters.